The van der Waals surface area contributed by atoms with Crippen LogP contribution in [-0.2, 0) is 21.4 Å². The van der Waals surface area contributed by atoms with Crippen molar-refractivity contribution in [1.29, 1.82) is 0 Å². The fourth-order valence-corrected chi connectivity index (χ4v) is 5.42. The lowest BCUT2D eigenvalue weighted by Gasteiger charge is -2.24. The van der Waals surface area contributed by atoms with E-state index >= 15 is 0 Å². The van der Waals surface area contributed by atoms with E-state index in [1.54, 1.807) is 42.5 Å². The van der Waals surface area contributed by atoms with Gasteiger partial charge in [-0.1, -0.05) is 36.4 Å². The number of rotatable bonds is 9. The zero-order valence-corrected chi connectivity index (χ0v) is 20.0. The van der Waals surface area contributed by atoms with E-state index in [2.05, 4.69) is 22.3 Å². The van der Waals surface area contributed by atoms with Crippen LogP contribution in [0.15, 0.2) is 83.8 Å². The van der Waals surface area contributed by atoms with E-state index in [4.69, 9.17) is 4.74 Å². The predicted molar refractivity (Wildman–Crippen MR) is 134 cm³/mol. The molecule has 0 aliphatic carbocycles. The highest BCUT2D eigenvalue weighted by atomic mass is 32.2. The van der Waals surface area contributed by atoms with Gasteiger partial charge >= 0.3 is 0 Å². The third kappa shape index (κ3) is 5.51. The van der Waals surface area contributed by atoms with Crippen molar-refractivity contribution in [2.75, 3.05) is 35.9 Å². The van der Waals surface area contributed by atoms with Crippen LogP contribution in [0.5, 0.6) is 5.75 Å². The molecule has 1 N–H and O–H groups in total. The number of nitrogens with one attached hydrogen (secondary N) is 1. The Bertz CT molecular complexity index is 1210. The normalized spacial score (nSPS) is 13.5. The highest BCUT2D eigenvalue weighted by Gasteiger charge is 2.27. The molecular weight excluding hydrogens is 450 g/mol. The molecule has 8 heteroatoms. The molecule has 0 unspecified atom stereocenters. The van der Waals surface area contributed by atoms with Gasteiger partial charge in [0.05, 0.1) is 17.7 Å². The summed E-state index contributed by atoms with van der Waals surface area (Å²) in [5.41, 5.74) is 2.49. The minimum atomic E-state index is -3.96. The Morgan fingerprint density at radius 3 is 2.35 bits per heavy atom. The van der Waals surface area contributed by atoms with Gasteiger partial charge in [0, 0.05) is 31.4 Å². The molecule has 1 aliphatic heterocycles. The lowest BCUT2D eigenvalue weighted by molar-refractivity contribution is -0.119. The van der Waals surface area contributed by atoms with Crippen LogP contribution in [0.1, 0.15) is 18.4 Å². The SMILES string of the molecule is COc1cccc(N(CC(=O)NCc2ccc(N3CCCC3)cc2)S(=O)(=O)c2ccccc2)c1. The Hall–Kier alpha value is -3.52. The summed E-state index contributed by atoms with van der Waals surface area (Å²) < 4.78 is 33.2. The molecule has 0 atom stereocenters. The molecule has 0 aromatic heterocycles. The minimum absolute atomic E-state index is 0.114. The number of carbonyl (C=O) groups is 1. The van der Waals surface area contributed by atoms with Crippen LogP contribution in [0.4, 0.5) is 11.4 Å². The van der Waals surface area contributed by atoms with Gasteiger partial charge in [-0.05, 0) is 54.8 Å². The van der Waals surface area contributed by atoms with Crippen LogP contribution in [0.25, 0.3) is 0 Å². The van der Waals surface area contributed by atoms with Crippen LogP contribution in [0, 0.1) is 0 Å². The Labute approximate surface area is 201 Å². The average Bonchev–Trinajstić information content (AvgIpc) is 3.42. The molecule has 4 rings (SSSR count). The molecule has 1 saturated heterocycles. The smallest absolute Gasteiger partial charge is 0.264 e. The number of hydrogen-bond acceptors (Lipinski definition) is 5. The van der Waals surface area contributed by atoms with Crippen molar-refractivity contribution in [3.63, 3.8) is 0 Å². The molecule has 1 fully saturated rings. The summed E-state index contributed by atoms with van der Waals surface area (Å²) >= 11 is 0. The standard InChI is InChI=1S/C26H29N3O4S/c1-33-24-9-7-8-23(18-24)29(34(31,32)25-10-3-2-4-11-25)20-26(30)27-19-21-12-14-22(15-13-21)28-16-5-6-17-28/h2-4,7-15,18H,5-6,16-17,19-20H2,1H3,(H,27,30). The van der Waals surface area contributed by atoms with Crippen LogP contribution in [0.3, 0.4) is 0 Å². The highest BCUT2D eigenvalue weighted by Crippen LogP contribution is 2.27. The molecule has 178 valence electrons. The average molecular weight is 480 g/mol. The lowest BCUT2D eigenvalue weighted by Crippen LogP contribution is -2.40. The fourth-order valence-electron chi connectivity index (χ4n) is 3.99. The van der Waals surface area contributed by atoms with E-state index in [0.29, 0.717) is 18.0 Å². The van der Waals surface area contributed by atoms with Gasteiger partial charge in [0.1, 0.15) is 12.3 Å². The number of hydrogen-bond donors (Lipinski definition) is 1. The van der Waals surface area contributed by atoms with E-state index in [-0.39, 0.29) is 11.4 Å². The Morgan fingerprint density at radius 1 is 0.971 bits per heavy atom. The molecule has 1 amide bonds. The number of sulfonamides is 1. The van der Waals surface area contributed by atoms with Crippen LogP contribution >= 0.6 is 0 Å². The van der Waals surface area contributed by atoms with E-state index in [0.717, 1.165) is 23.0 Å². The molecule has 0 bridgehead atoms. The third-order valence-electron chi connectivity index (χ3n) is 5.86. The van der Waals surface area contributed by atoms with Crippen molar-refractivity contribution in [2.45, 2.75) is 24.3 Å². The lowest BCUT2D eigenvalue weighted by atomic mass is 10.2. The molecule has 34 heavy (non-hydrogen) atoms. The summed E-state index contributed by atoms with van der Waals surface area (Å²) in [6, 6.07) is 22.9. The number of nitrogens with zero attached hydrogens (tertiary/aromatic N) is 2. The van der Waals surface area contributed by atoms with Gasteiger partial charge in [0.2, 0.25) is 5.91 Å². The van der Waals surface area contributed by atoms with E-state index in [1.165, 1.54) is 37.8 Å². The molecule has 1 heterocycles. The number of amides is 1. The maximum Gasteiger partial charge on any atom is 0.264 e. The van der Waals surface area contributed by atoms with Crippen molar-refractivity contribution in [3.8, 4) is 5.75 Å². The second kappa shape index (κ2) is 10.6. The zero-order valence-electron chi connectivity index (χ0n) is 19.2. The van der Waals surface area contributed by atoms with E-state index < -0.39 is 15.9 Å². The summed E-state index contributed by atoms with van der Waals surface area (Å²) in [5.74, 6) is 0.107. The Balaban J connectivity index is 1.49. The number of benzene rings is 3. The summed E-state index contributed by atoms with van der Waals surface area (Å²) in [6.07, 6.45) is 2.43. The summed E-state index contributed by atoms with van der Waals surface area (Å²) in [6.45, 7) is 2.12. The van der Waals surface area contributed by atoms with Crippen molar-refractivity contribution >= 4 is 27.3 Å². The number of anilines is 2. The van der Waals surface area contributed by atoms with Gasteiger partial charge in [0.25, 0.3) is 10.0 Å². The molecule has 0 saturated carbocycles. The second-order valence-electron chi connectivity index (χ2n) is 8.16. The Kier molecular flexibility index (Phi) is 7.37. The quantitative estimate of drug-likeness (QED) is 0.505. The van der Waals surface area contributed by atoms with Gasteiger partial charge in [0.15, 0.2) is 0 Å². The van der Waals surface area contributed by atoms with Crippen molar-refractivity contribution in [2.24, 2.45) is 0 Å². The van der Waals surface area contributed by atoms with Crippen LogP contribution in [0.2, 0.25) is 0 Å². The molecule has 7 nitrogen and oxygen atoms in total. The number of methoxy groups -OCH3 is 1. The fraction of sp³-hybridized carbons (Fsp3) is 0.269. The van der Waals surface area contributed by atoms with E-state index in [9.17, 15) is 13.2 Å². The number of carbonyl (C=O) groups excluding carboxylic acids is 1. The first-order valence-electron chi connectivity index (χ1n) is 11.3. The predicted octanol–water partition coefficient (Wildman–Crippen LogP) is 3.81. The minimum Gasteiger partial charge on any atom is -0.497 e. The number of ether oxygens (including phenoxy) is 1. The van der Waals surface area contributed by atoms with Crippen molar-refractivity contribution < 1.29 is 17.9 Å². The van der Waals surface area contributed by atoms with Gasteiger partial charge in [-0.3, -0.25) is 9.10 Å². The topological polar surface area (TPSA) is 79.0 Å². The molecule has 3 aromatic rings. The third-order valence-corrected chi connectivity index (χ3v) is 7.65. The van der Waals surface area contributed by atoms with Crippen LogP contribution < -0.4 is 19.3 Å². The van der Waals surface area contributed by atoms with E-state index in [1.807, 2.05) is 12.1 Å². The van der Waals surface area contributed by atoms with Crippen molar-refractivity contribution in [1.82, 2.24) is 5.32 Å². The molecular formula is C26H29N3O4S. The summed E-state index contributed by atoms with van der Waals surface area (Å²) in [4.78, 5) is 15.3. The summed E-state index contributed by atoms with van der Waals surface area (Å²) in [5, 5.41) is 2.85. The highest BCUT2D eigenvalue weighted by molar-refractivity contribution is 7.92. The van der Waals surface area contributed by atoms with Crippen LogP contribution in [-0.4, -0.2) is 41.1 Å². The zero-order chi connectivity index (χ0) is 24.0. The maximum absolute atomic E-state index is 13.4. The second-order valence-corrected chi connectivity index (χ2v) is 10.0. The van der Waals surface area contributed by atoms with Gasteiger partial charge in [-0.25, -0.2) is 8.42 Å². The summed E-state index contributed by atoms with van der Waals surface area (Å²) in [7, 11) is -2.45. The Morgan fingerprint density at radius 2 is 1.68 bits per heavy atom. The first kappa shape index (κ1) is 23.6. The molecule has 3 aromatic carbocycles. The first-order valence-corrected chi connectivity index (χ1v) is 12.7. The van der Waals surface area contributed by atoms with Crippen molar-refractivity contribution in [3.05, 3.63) is 84.4 Å². The van der Waals surface area contributed by atoms with Gasteiger partial charge < -0.3 is 15.0 Å². The van der Waals surface area contributed by atoms with Gasteiger partial charge in [-0.2, -0.15) is 0 Å². The monoisotopic (exact) mass is 479 g/mol. The largest absolute Gasteiger partial charge is 0.497 e. The molecule has 0 spiro atoms. The molecule has 1 aliphatic rings. The maximum atomic E-state index is 13.4. The first-order chi connectivity index (χ1) is 16.5. The molecule has 0 radical (unpaired) electrons. The van der Waals surface area contributed by atoms with Gasteiger partial charge in [-0.15, -0.1) is 0 Å².